The molecule has 19 heavy (non-hydrogen) atoms. The minimum Gasteiger partial charge on any atom is -0.316 e. The number of halogens is 2. The van der Waals surface area contributed by atoms with Crippen LogP contribution < -0.4 is 5.32 Å². The summed E-state index contributed by atoms with van der Waals surface area (Å²) in [6.07, 6.45) is 1.97. The van der Waals surface area contributed by atoms with E-state index >= 15 is 0 Å². The molecule has 0 atom stereocenters. The molecule has 1 heterocycles. The summed E-state index contributed by atoms with van der Waals surface area (Å²) in [5.41, 5.74) is 0.755. The molecule has 0 aliphatic rings. The van der Waals surface area contributed by atoms with Gasteiger partial charge >= 0.3 is 0 Å². The molecule has 1 N–H and O–H groups in total. The topological polar surface area (TPSA) is 37.8 Å². The van der Waals surface area contributed by atoms with Gasteiger partial charge in [-0.25, -0.2) is 4.39 Å². The molecular formula is C13H15BrFN3S. The molecule has 3 nitrogen and oxygen atoms in total. The summed E-state index contributed by atoms with van der Waals surface area (Å²) < 4.78 is 13.9. The minimum absolute atomic E-state index is 0.279. The van der Waals surface area contributed by atoms with Crippen LogP contribution in [0.2, 0.25) is 0 Å². The zero-order valence-corrected chi connectivity index (χ0v) is 13.0. The van der Waals surface area contributed by atoms with Gasteiger partial charge in [0.15, 0.2) is 0 Å². The second-order valence-corrected chi connectivity index (χ2v) is 5.96. The first-order valence-corrected chi connectivity index (χ1v) is 7.80. The molecule has 2 rings (SSSR count). The molecule has 0 spiro atoms. The molecule has 2 aromatic rings. The van der Waals surface area contributed by atoms with Crippen molar-refractivity contribution in [3.8, 4) is 10.6 Å². The third-order valence-corrected chi connectivity index (χ3v) is 4.41. The fourth-order valence-corrected chi connectivity index (χ4v) is 3.08. The number of nitrogens with zero attached hydrogens (tertiary/aromatic N) is 2. The van der Waals surface area contributed by atoms with Crippen molar-refractivity contribution in [2.75, 3.05) is 13.1 Å². The minimum atomic E-state index is -0.279. The molecular weight excluding hydrogens is 329 g/mol. The maximum absolute atomic E-state index is 13.5. The van der Waals surface area contributed by atoms with E-state index < -0.39 is 0 Å². The van der Waals surface area contributed by atoms with E-state index in [1.54, 1.807) is 6.07 Å². The van der Waals surface area contributed by atoms with Gasteiger partial charge in [0.25, 0.3) is 0 Å². The van der Waals surface area contributed by atoms with Gasteiger partial charge in [-0.05, 0) is 35.0 Å². The molecule has 0 saturated carbocycles. The Labute approximate surface area is 124 Å². The van der Waals surface area contributed by atoms with Crippen LogP contribution in [0.15, 0.2) is 22.7 Å². The standard InChI is InChI=1S/C13H15BrFN3S/c1-2-7-16-8-6-11-17-18-13(19-11)9-4-3-5-10(15)12(9)14/h3-5,16H,2,6-8H2,1H3. The van der Waals surface area contributed by atoms with Gasteiger partial charge in [0.05, 0.1) is 4.47 Å². The first kappa shape index (κ1) is 14.6. The lowest BCUT2D eigenvalue weighted by Gasteiger charge is -2.00. The Bertz CT molecular complexity index is 544. The normalized spacial score (nSPS) is 10.9. The van der Waals surface area contributed by atoms with Crippen molar-refractivity contribution in [2.45, 2.75) is 19.8 Å². The van der Waals surface area contributed by atoms with Crippen LogP contribution >= 0.6 is 27.3 Å². The third-order valence-electron chi connectivity index (χ3n) is 2.59. The van der Waals surface area contributed by atoms with E-state index in [-0.39, 0.29) is 5.82 Å². The van der Waals surface area contributed by atoms with Crippen LogP contribution in [0.4, 0.5) is 4.39 Å². The molecule has 0 fully saturated rings. The number of benzene rings is 1. The molecule has 0 aliphatic carbocycles. The van der Waals surface area contributed by atoms with Crippen molar-refractivity contribution >= 4 is 27.3 Å². The van der Waals surface area contributed by atoms with Crippen LogP contribution in [-0.2, 0) is 6.42 Å². The quantitative estimate of drug-likeness (QED) is 0.813. The summed E-state index contributed by atoms with van der Waals surface area (Å²) in [6.45, 7) is 4.05. The highest BCUT2D eigenvalue weighted by atomic mass is 79.9. The van der Waals surface area contributed by atoms with E-state index in [0.717, 1.165) is 41.5 Å². The lowest BCUT2D eigenvalue weighted by Crippen LogP contribution is -2.17. The van der Waals surface area contributed by atoms with Crippen molar-refractivity contribution in [1.29, 1.82) is 0 Å². The fourth-order valence-electron chi connectivity index (χ4n) is 1.63. The van der Waals surface area contributed by atoms with Crippen molar-refractivity contribution in [1.82, 2.24) is 15.5 Å². The number of nitrogens with one attached hydrogen (secondary N) is 1. The van der Waals surface area contributed by atoms with Crippen LogP contribution in [0.1, 0.15) is 18.4 Å². The van der Waals surface area contributed by atoms with Crippen molar-refractivity contribution < 1.29 is 4.39 Å². The van der Waals surface area contributed by atoms with Gasteiger partial charge in [0, 0.05) is 18.5 Å². The van der Waals surface area contributed by atoms with Crippen molar-refractivity contribution in [3.63, 3.8) is 0 Å². The Kier molecular flexibility index (Phi) is 5.42. The fraction of sp³-hybridized carbons (Fsp3) is 0.385. The number of rotatable bonds is 6. The van der Waals surface area contributed by atoms with E-state index in [0.29, 0.717) is 4.47 Å². The summed E-state index contributed by atoms with van der Waals surface area (Å²) in [4.78, 5) is 0. The average molecular weight is 344 g/mol. The Morgan fingerprint density at radius 1 is 1.32 bits per heavy atom. The lowest BCUT2D eigenvalue weighted by atomic mass is 10.2. The number of aromatic nitrogens is 2. The molecule has 0 unspecified atom stereocenters. The maximum Gasteiger partial charge on any atom is 0.149 e. The van der Waals surface area contributed by atoms with Gasteiger partial charge in [-0.3, -0.25) is 0 Å². The highest BCUT2D eigenvalue weighted by molar-refractivity contribution is 9.10. The first-order chi connectivity index (χ1) is 9.22. The summed E-state index contributed by atoms with van der Waals surface area (Å²) in [7, 11) is 0. The predicted molar refractivity (Wildman–Crippen MR) is 79.9 cm³/mol. The molecule has 0 bridgehead atoms. The van der Waals surface area contributed by atoms with Gasteiger partial charge < -0.3 is 5.32 Å². The van der Waals surface area contributed by atoms with Crippen molar-refractivity contribution in [2.24, 2.45) is 0 Å². The maximum atomic E-state index is 13.5. The van der Waals surface area contributed by atoms with Crippen LogP contribution in [-0.4, -0.2) is 23.3 Å². The second-order valence-electron chi connectivity index (χ2n) is 4.10. The van der Waals surface area contributed by atoms with Crippen molar-refractivity contribution in [3.05, 3.63) is 33.5 Å². The molecule has 0 aliphatic heterocycles. The second kappa shape index (κ2) is 7.07. The van der Waals surface area contributed by atoms with Crippen LogP contribution in [0.25, 0.3) is 10.6 Å². The Morgan fingerprint density at radius 3 is 2.95 bits per heavy atom. The highest BCUT2D eigenvalue weighted by Crippen LogP contribution is 2.32. The summed E-state index contributed by atoms with van der Waals surface area (Å²) in [5, 5.41) is 13.3. The van der Waals surface area contributed by atoms with E-state index in [2.05, 4.69) is 38.4 Å². The Morgan fingerprint density at radius 2 is 2.16 bits per heavy atom. The number of hydrogen-bond acceptors (Lipinski definition) is 4. The molecule has 102 valence electrons. The van der Waals surface area contributed by atoms with Gasteiger partial charge in [-0.1, -0.05) is 30.4 Å². The smallest absolute Gasteiger partial charge is 0.149 e. The molecule has 0 amide bonds. The molecule has 6 heteroatoms. The first-order valence-electron chi connectivity index (χ1n) is 6.20. The monoisotopic (exact) mass is 343 g/mol. The largest absolute Gasteiger partial charge is 0.316 e. The van der Waals surface area contributed by atoms with Gasteiger partial charge in [0.2, 0.25) is 0 Å². The van der Waals surface area contributed by atoms with Crippen LogP contribution in [0.3, 0.4) is 0 Å². The molecule has 1 aromatic carbocycles. The van der Waals surface area contributed by atoms with Gasteiger partial charge in [-0.15, -0.1) is 10.2 Å². The third kappa shape index (κ3) is 3.81. The Hall–Kier alpha value is -0.850. The molecule has 0 saturated heterocycles. The van der Waals surface area contributed by atoms with E-state index in [4.69, 9.17) is 0 Å². The highest BCUT2D eigenvalue weighted by Gasteiger charge is 2.12. The SMILES string of the molecule is CCCNCCc1nnc(-c2cccc(F)c2Br)s1. The zero-order valence-electron chi connectivity index (χ0n) is 10.6. The lowest BCUT2D eigenvalue weighted by molar-refractivity contribution is 0.621. The van der Waals surface area contributed by atoms with E-state index in [9.17, 15) is 4.39 Å². The van der Waals surface area contributed by atoms with E-state index in [1.165, 1.54) is 17.4 Å². The number of hydrogen-bond donors (Lipinski definition) is 1. The Balaban J connectivity index is 2.06. The molecule has 1 aromatic heterocycles. The summed E-state index contributed by atoms with van der Waals surface area (Å²) in [6, 6.07) is 4.94. The van der Waals surface area contributed by atoms with Crippen LogP contribution in [0.5, 0.6) is 0 Å². The van der Waals surface area contributed by atoms with Crippen LogP contribution in [0, 0.1) is 5.82 Å². The summed E-state index contributed by atoms with van der Waals surface area (Å²) >= 11 is 4.76. The van der Waals surface area contributed by atoms with E-state index in [1.807, 2.05) is 6.07 Å². The average Bonchev–Trinajstić information content (AvgIpc) is 2.87. The zero-order chi connectivity index (χ0) is 13.7. The summed E-state index contributed by atoms with van der Waals surface area (Å²) in [5.74, 6) is -0.279. The van der Waals surface area contributed by atoms with Gasteiger partial charge in [-0.2, -0.15) is 0 Å². The predicted octanol–water partition coefficient (Wildman–Crippen LogP) is 3.65. The van der Waals surface area contributed by atoms with Gasteiger partial charge in [0.1, 0.15) is 15.8 Å². The molecule has 0 radical (unpaired) electrons.